The first-order valence-corrected chi connectivity index (χ1v) is 7.33. The van der Waals surface area contributed by atoms with Crippen LogP contribution in [-0.2, 0) is 6.54 Å². The molecule has 3 rings (SSSR count). The molecule has 2 heterocycles. The molecule has 1 fully saturated rings. The maximum absolute atomic E-state index is 12.4. The molecule has 2 aromatic rings. The SMILES string of the molecule is CN(C)c1nc2ncn(CCC3(C)CC3)c(=O)c2s1. The van der Waals surface area contributed by atoms with Crippen molar-refractivity contribution in [3.63, 3.8) is 0 Å². The second-order valence-electron chi connectivity index (χ2n) is 5.85. The van der Waals surface area contributed by atoms with Gasteiger partial charge in [-0.25, -0.2) is 4.98 Å². The number of thiazole rings is 1. The second kappa shape index (κ2) is 4.30. The highest BCUT2D eigenvalue weighted by Crippen LogP contribution is 2.48. The van der Waals surface area contributed by atoms with E-state index in [0.29, 0.717) is 15.8 Å². The van der Waals surface area contributed by atoms with Gasteiger partial charge in [0.1, 0.15) is 11.0 Å². The third kappa shape index (κ3) is 2.36. The maximum Gasteiger partial charge on any atom is 0.273 e. The molecule has 19 heavy (non-hydrogen) atoms. The summed E-state index contributed by atoms with van der Waals surface area (Å²) in [5.41, 5.74) is 1.06. The van der Waals surface area contributed by atoms with Crippen molar-refractivity contribution in [2.45, 2.75) is 32.7 Å². The third-order valence-corrected chi connectivity index (χ3v) is 5.02. The molecule has 0 aliphatic heterocycles. The minimum atomic E-state index is 0.0415. The predicted molar refractivity (Wildman–Crippen MR) is 78.0 cm³/mol. The van der Waals surface area contributed by atoms with Gasteiger partial charge in [-0.2, -0.15) is 4.98 Å². The van der Waals surface area contributed by atoms with Crippen molar-refractivity contribution < 1.29 is 0 Å². The van der Waals surface area contributed by atoms with E-state index in [-0.39, 0.29) is 5.56 Å². The fourth-order valence-corrected chi connectivity index (χ4v) is 2.93. The molecule has 102 valence electrons. The molecule has 0 radical (unpaired) electrons. The van der Waals surface area contributed by atoms with Crippen LogP contribution < -0.4 is 10.5 Å². The maximum atomic E-state index is 12.4. The summed E-state index contributed by atoms with van der Waals surface area (Å²) in [6, 6.07) is 0. The Morgan fingerprint density at radius 1 is 1.47 bits per heavy atom. The van der Waals surface area contributed by atoms with Crippen molar-refractivity contribution in [3.8, 4) is 0 Å². The fraction of sp³-hybridized carbons (Fsp3) is 0.615. The standard InChI is InChI=1S/C13H18N4OS/c1-13(4-5-13)6-7-17-8-14-10-9(11(17)18)19-12(15-10)16(2)3/h8H,4-7H2,1-3H3. The van der Waals surface area contributed by atoms with Crippen LogP contribution in [0.5, 0.6) is 0 Å². The highest BCUT2D eigenvalue weighted by Gasteiger charge is 2.36. The van der Waals surface area contributed by atoms with Gasteiger partial charge < -0.3 is 4.90 Å². The zero-order chi connectivity index (χ0) is 13.6. The number of fused-ring (bicyclic) bond motifs is 1. The van der Waals surface area contributed by atoms with E-state index in [4.69, 9.17) is 0 Å². The summed E-state index contributed by atoms with van der Waals surface area (Å²) in [4.78, 5) is 22.9. The lowest BCUT2D eigenvalue weighted by Gasteiger charge is -2.09. The summed E-state index contributed by atoms with van der Waals surface area (Å²) in [6.45, 7) is 3.04. The van der Waals surface area contributed by atoms with Crippen molar-refractivity contribution in [2.75, 3.05) is 19.0 Å². The Morgan fingerprint density at radius 2 is 2.21 bits per heavy atom. The molecule has 5 nitrogen and oxygen atoms in total. The molecule has 0 aromatic carbocycles. The number of nitrogens with zero attached hydrogens (tertiary/aromatic N) is 4. The van der Waals surface area contributed by atoms with Crippen LogP contribution in [0.2, 0.25) is 0 Å². The molecule has 6 heteroatoms. The Labute approximate surface area is 115 Å². The van der Waals surface area contributed by atoms with Gasteiger partial charge in [0.2, 0.25) is 0 Å². The lowest BCUT2D eigenvalue weighted by atomic mass is 10.1. The second-order valence-corrected chi connectivity index (χ2v) is 6.82. The molecule has 0 spiro atoms. The normalized spacial score (nSPS) is 16.8. The van der Waals surface area contributed by atoms with Gasteiger partial charge >= 0.3 is 0 Å². The first kappa shape index (κ1) is 12.6. The number of aromatic nitrogens is 3. The lowest BCUT2D eigenvalue weighted by Crippen LogP contribution is -2.21. The Morgan fingerprint density at radius 3 is 2.84 bits per heavy atom. The summed E-state index contributed by atoms with van der Waals surface area (Å²) in [7, 11) is 3.84. The highest BCUT2D eigenvalue weighted by molar-refractivity contribution is 7.22. The van der Waals surface area contributed by atoms with Gasteiger partial charge in [0.15, 0.2) is 10.8 Å². The molecule has 0 atom stereocenters. The molecule has 0 N–H and O–H groups in total. The van der Waals surface area contributed by atoms with Crippen LogP contribution in [0, 0.1) is 5.41 Å². The Balaban J connectivity index is 1.93. The lowest BCUT2D eigenvalue weighted by molar-refractivity contribution is 0.457. The topological polar surface area (TPSA) is 51.0 Å². The Bertz CT molecular complexity index is 669. The molecule has 0 saturated heterocycles. The van der Waals surface area contributed by atoms with E-state index < -0.39 is 0 Å². The third-order valence-electron chi connectivity index (χ3n) is 3.81. The van der Waals surface area contributed by atoms with E-state index in [2.05, 4.69) is 16.9 Å². The Kier molecular flexibility index (Phi) is 2.85. The van der Waals surface area contributed by atoms with Gasteiger partial charge in [0.25, 0.3) is 5.56 Å². The molecule has 1 aliphatic rings. The van der Waals surface area contributed by atoms with E-state index in [0.717, 1.165) is 18.1 Å². The Hall–Kier alpha value is -1.43. The van der Waals surface area contributed by atoms with Gasteiger partial charge in [0.05, 0.1) is 0 Å². The minimum Gasteiger partial charge on any atom is -0.354 e. The fourth-order valence-electron chi connectivity index (χ4n) is 2.04. The number of aryl methyl sites for hydroxylation is 1. The van der Waals surface area contributed by atoms with E-state index in [1.165, 1.54) is 24.2 Å². The zero-order valence-electron chi connectivity index (χ0n) is 11.5. The highest BCUT2D eigenvalue weighted by atomic mass is 32.1. The van der Waals surface area contributed by atoms with Crippen molar-refractivity contribution in [1.82, 2.24) is 14.5 Å². The molecular weight excluding hydrogens is 260 g/mol. The number of hydrogen-bond donors (Lipinski definition) is 0. The predicted octanol–water partition coefficient (Wildman–Crippen LogP) is 2.11. The van der Waals surface area contributed by atoms with Crippen LogP contribution in [0.25, 0.3) is 10.3 Å². The summed E-state index contributed by atoms with van der Waals surface area (Å²) < 4.78 is 2.39. The van der Waals surface area contributed by atoms with Gasteiger partial charge in [-0.3, -0.25) is 9.36 Å². The number of rotatable bonds is 4. The smallest absolute Gasteiger partial charge is 0.273 e. The van der Waals surface area contributed by atoms with Crippen molar-refractivity contribution >= 4 is 26.8 Å². The molecule has 1 aliphatic carbocycles. The van der Waals surface area contributed by atoms with E-state index >= 15 is 0 Å². The van der Waals surface area contributed by atoms with Crippen molar-refractivity contribution in [3.05, 3.63) is 16.7 Å². The van der Waals surface area contributed by atoms with Crippen LogP contribution in [0.3, 0.4) is 0 Å². The minimum absolute atomic E-state index is 0.0415. The molecule has 0 amide bonds. The summed E-state index contributed by atoms with van der Waals surface area (Å²) in [5, 5.41) is 0.825. The number of hydrogen-bond acceptors (Lipinski definition) is 5. The number of anilines is 1. The van der Waals surface area contributed by atoms with Crippen molar-refractivity contribution in [2.24, 2.45) is 5.41 Å². The summed E-state index contributed by atoms with van der Waals surface area (Å²) >= 11 is 1.41. The van der Waals surface area contributed by atoms with Crippen LogP contribution >= 0.6 is 11.3 Å². The van der Waals surface area contributed by atoms with E-state index in [9.17, 15) is 4.79 Å². The molecule has 0 bridgehead atoms. The first-order chi connectivity index (χ1) is 8.98. The van der Waals surface area contributed by atoms with Crippen LogP contribution in [0.1, 0.15) is 26.2 Å². The van der Waals surface area contributed by atoms with Crippen LogP contribution in [0.4, 0.5) is 5.13 Å². The van der Waals surface area contributed by atoms with Crippen LogP contribution in [-0.4, -0.2) is 28.6 Å². The van der Waals surface area contributed by atoms with Gasteiger partial charge in [-0.15, -0.1) is 0 Å². The molecule has 2 aromatic heterocycles. The molecule has 1 saturated carbocycles. The average molecular weight is 278 g/mol. The first-order valence-electron chi connectivity index (χ1n) is 6.52. The van der Waals surface area contributed by atoms with Gasteiger partial charge in [-0.05, 0) is 24.7 Å². The van der Waals surface area contributed by atoms with Gasteiger partial charge in [0, 0.05) is 20.6 Å². The average Bonchev–Trinajstić information content (AvgIpc) is 2.92. The molecular formula is C13H18N4OS. The quantitative estimate of drug-likeness (QED) is 0.859. The van der Waals surface area contributed by atoms with Gasteiger partial charge in [-0.1, -0.05) is 18.3 Å². The van der Waals surface area contributed by atoms with E-state index in [1.807, 2.05) is 19.0 Å². The monoisotopic (exact) mass is 278 g/mol. The zero-order valence-corrected chi connectivity index (χ0v) is 12.3. The summed E-state index contributed by atoms with van der Waals surface area (Å²) in [5.74, 6) is 0. The van der Waals surface area contributed by atoms with E-state index in [1.54, 1.807) is 10.9 Å². The molecule has 0 unspecified atom stereocenters. The van der Waals surface area contributed by atoms with Crippen LogP contribution in [0.15, 0.2) is 11.1 Å². The summed E-state index contributed by atoms with van der Waals surface area (Å²) in [6.07, 6.45) is 5.25. The largest absolute Gasteiger partial charge is 0.354 e. The van der Waals surface area contributed by atoms with Crippen molar-refractivity contribution in [1.29, 1.82) is 0 Å².